The number of hydrogen-bond acceptors (Lipinski definition) is 6. The van der Waals surface area contributed by atoms with Crippen molar-refractivity contribution in [3.8, 4) is 0 Å². The fourth-order valence-electron chi connectivity index (χ4n) is 0. The molecule has 9 heteroatoms. The van der Waals surface area contributed by atoms with Crippen LogP contribution >= 0.6 is 7.82 Å². The molecule has 0 spiro atoms. The first-order valence-electron chi connectivity index (χ1n) is 1.49. The van der Waals surface area contributed by atoms with E-state index in [1.54, 1.807) is 0 Å². The normalized spacial score (nSPS) is 7.64. The molecule has 0 aliphatic carbocycles. The SMILES string of the molecule is O=P([O-])([O-])[O-].[CH2]C(=O)[O-].[Ca+2].[Ca+2]. The molecule has 11 heavy (non-hydrogen) atoms. The summed E-state index contributed by atoms with van der Waals surface area (Å²) in [6.45, 7) is 2.44. The Morgan fingerprint density at radius 1 is 1.18 bits per heavy atom. The van der Waals surface area contributed by atoms with E-state index < -0.39 is 13.8 Å². The van der Waals surface area contributed by atoms with Crippen molar-refractivity contribution < 1.29 is 29.1 Å². The van der Waals surface area contributed by atoms with Gasteiger partial charge in [0.15, 0.2) is 0 Å². The molecule has 0 aliphatic heterocycles. The van der Waals surface area contributed by atoms with Gasteiger partial charge in [0.2, 0.25) is 0 Å². The van der Waals surface area contributed by atoms with Crippen molar-refractivity contribution in [3.63, 3.8) is 0 Å². The zero-order valence-electron chi connectivity index (χ0n) is 5.52. The van der Waals surface area contributed by atoms with Crippen molar-refractivity contribution >= 4 is 89.3 Å². The minimum atomic E-state index is -5.39. The Bertz CT molecular complexity index is 118. The summed E-state index contributed by atoms with van der Waals surface area (Å²) in [5.74, 6) is -1.33. The maximum absolute atomic E-state index is 8.78. The molecule has 0 amide bonds. The number of carboxylic acids is 1. The van der Waals surface area contributed by atoms with E-state index in [9.17, 15) is 0 Å². The Morgan fingerprint density at radius 2 is 1.18 bits per heavy atom. The predicted octanol–water partition coefficient (Wildman–Crippen LogP) is -5.02. The monoisotopic (exact) mass is 233 g/mol. The largest absolute Gasteiger partial charge is 2.00 e. The van der Waals surface area contributed by atoms with Crippen LogP contribution in [0.4, 0.5) is 0 Å². The van der Waals surface area contributed by atoms with E-state index in [0.717, 1.165) is 0 Å². The van der Waals surface area contributed by atoms with Gasteiger partial charge in [0, 0.05) is 5.97 Å². The molecule has 0 rings (SSSR count). The number of aliphatic carboxylic acids is 1. The third-order valence-electron chi connectivity index (χ3n) is 0. The molecule has 0 aromatic rings. The second kappa shape index (κ2) is 12.1. The summed E-state index contributed by atoms with van der Waals surface area (Å²) >= 11 is 0. The number of rotatable bonds is 0. The Balaban J connectivity index is -0.0000000383. The molecular weight excluding hydrogens is 231 g/mol. The number of carbonyl (C=O) groups is 1. The van der Waals surface area contributed by atoms with E-state index in [2.05, 4.69) is 6.92 Å². The molecule has 0 aliphatic rings. The molecule has 0 saturated carbocycles. The summed E-state index contributed by atoms with van der Waals surface area (Å²) in [5.41, 5.74) is 0. The second-order valence-corrected chi connectivity index (χ2v) is 1.71. The van der Waals surface area contributed by atoms with Gasteiger partial charge in [-0.05, 0) is 6.92 Å². The molecule has 0 aromatic carbocycles. The summed E-state index contributed by atoms with van der Waals surface area (Å²) in [4.78, 5) is 34.4. The first-order valence-corrected chi connectivity index (χ1v) is 2.95. The van der Waals surface area contributed by atoms with Crippen LogP contribution in [0, 0.1) is 6.92 Å². The molecular formula is C2H2Ca2O6P. The smallest absolute Gasteiger partial charge is 0.822 e. The van der Waals surface area contributed by atoms with Gasteiger partial charge in [-0.15, -0.1) is 0 Å². The fourth-order valence-corrected chi connectivity index (χ4v) is 0. The minimum absolute atomic E-state index is 0. The van der Waals surface area contributed by atoms with Crippen molar-refractivity contribution in [2.24, 2.45) is 0 Å². The van der Waals surface area contributed by atoms with Gasteiger partial charge in [-0.3, -0.25) is 0 Å². The number of hydrogen-bond donors (Lipinski definition) is 0. The maximum atomic E-state index is 8.78. The molecule has 55 valence electrons. The molecule has 0 heterocycles. The summed E-state index contributed by atoms with van der Waals surface area (Å²) < 4.78 is 8.55. The molecule has 0 unspecified atom stereocenters. The van der Waals surface area contributed by atoms with Gasteiger partial charge in [0.05, 0.1) is 0 Å². The molecule has 0 saturated heterocycles. The topological polar surface area (TPSA) is 126 Å². The quantitative estimate of drug-likeness (QED) is 0.304. The zero-order chi connectivity index (χ0) is 8.08. The van der Waals surface area contributed by atoms with Gasteiger partial charge in [-0.25, -0.2) is 0 Å². The van der Waals surface area contributed by atoms with E-state index in [0.29, 0.717) is 0 Å². The van der Waals surface area contributed by atoms with E-state index in [1.807, 2.05) is 0 Å². The van der Waals surface area contributed by atoms with E-state index in [4.69, 9.17) is 29.1 Å². The van der Waals surface area contributed by atoms with Crippen LogP contribution in [0.15, 0.2) is 0 Å². The van der Waals surface area contributed by atoms with Crippen LogP contribution in [0.5, 0.6) is 0 Å². The van der Waals surface area contributed by atoms with Crippen molar-refractivity contribution in [2.75, 3.05) is 0 Å². The molecule has 0 bridgehead atoms. The third-order valence-corrected chi connectivity index (χ3v) is 0. The molecule has 0 N–H and O–H groups in total. The first kappa shape index (κ1) is 23.2. The van der Waals surface area contributed by atoms with Crippen molar-refractivity contribution in [2.45, 2.75) is 0 Å². The second-order valence-electron chi connectivity index (χ2n) is 0.819. The van der Waals surface area contributed by atoms with E-state index >= 15 is 0 Å². The van der Waals surface area contributed by atoms with Gasteiger partial charge in [0.1, 0.15) is 0 Å². The zero-order valence-corrected chi connectivity index (χ0v) is 10.8. The van der Waals surface area contributed by atoms with Crippen LogP contribution in [0.3, 0.4) is 0 Å². The minimum Gasteiger partial charge on any atom is -0.822 e. The van der Waals surface area contributed by atoms with Crippen molar-refractivity contribution in [3.05, 3.63) is 6.92 Å². The van der Waals surface area contributed by atoms with Gasteiger partial charge < -0.3 is 29.1 Å². The molecule has 0 aromatic heterocycles. The van der Waals surface area contributed by atoms with Crippen LogP contribution in [-0.2, 0) is 9.36 Å². The van der Waals surface area contributed by atoms with Crippen molar-refractivity contribution in [1.82, 2.24) is 0 Å². The number of carbonyl (C=O) groups excluding carboxylic acids is 1. The van der Waals surface area contributed by atoms with Gasteiger partial charge in [-0.2, -0.15) is 7.82 Å². The summed E-state index contributed by atoms with van der Waals surface area (Å²) in [5, 5.41) is 8.78. The molecule has 6 nitrogen and oxygen atoms in total. The maximum Gasteiger partial charge on any atom is 2.00 e. The molecule has 1 radical (unpaired) electrons. The van der Waals surface area contributed by atoms with Crippen molar-refractivity contribution in [1.29, 1.82) is 0 Å². The standard InChI is InChI=1S/C2H3O2.2Ca.H3O4P/c1-2(3)4;;;1-5(2,3)4/h1H2,(H,3,4);;;(H3,1,2,3,4)/q;2*+2;/p-4. The number of phosphoric acid groups is 1. The van der Waals surface area contributed by atoms with E-state index in [1.165, 1.54) is 0 Å². The average Bonchev–Trinajstić information content (AvgIpc) is 1.19. The summed E-state index contributed by atoms with van der Waals surface area (Å²) in [6.07, 6.45) is 0. The van der Waals surface area contributed by atoms with Gasteiger partial charge in [-0.1, -0.05) is 0 Å². The summed E-state index contributed by atoms with van der Waals surface area (Å²) in [6, 6.07) is 0. The van der Waals surface area contributed by atoms with E-state index in [-0.39, 0.29) is 75.5 Å². The predicted molar refractivity (Wildman–Crippen MR) is 29.5 cm³/mol. The third kappa shape index (κ3) is 280. The first-order chi connectivity index (χ1) is 3.73. The van der Waals surface area contributed by atoms with Crippen LogP contribution < -0.4 is 19.8 Å². The Kier molecular flexibility index (Phi) is 25.5. The van der Waals surface area contributed by atoms with Crippen LogP contribution in [0.2, 0.25) is 0 Å². The summed E-state index contributed by atoms with van der Waals surface area (Å²) in [7, 11) is -5.39. The fraction of sp³-hybridized carbons (Fsp3) is 0. The van der Waals surface area contributed by atoms with Crippen LogP contribution in [-0.4, -0.2) is 81.4 Å². The average molecular weight is 233 g/mol. The molecule has 0 atom stereocenters. The Morgan fingerprint density at radius 3 is 1.18 bits per heavy atom. The van der Waals surface area contributed by atoms with Crippen LogP contribution in [0.25, 0.3) is 0 Å². The number of carboxylic acid groups (broad SMARTS) is 1. The van der Waals surface area contributed by atoms with Gasteiger partial charge >= 0.3 is 75.5 Å². The Hall–Kier alpha value is 2.10. The Labute approximate surface area is 123 Å². The molecule has 0 fully saturated rings. The van der Waals surface area contributed by atoms with Crippen LogP contribution in [0.1, 0.15) is 0 Å². The van der Waals surface area contributed by atoms with Gasteiger partial charge in [0.25, 0.3) is 0 Å².